The molecule has 1 aromatic carbocycles. The van der Waals surface area contributed by atoms with Gasteiger partial charge in [0.15, 0.2) is 0 Å². The summed E-state index contributed by atoms with van der Waals surface area (Å²) < 4.78 is 5.42. The van der Waals surface area contributed by atoms with Crippen molar-refractivity contribution < 1.29 is 19.4 Å². The number of carbonyl (C=O) groups is 2. The Morgan fingerprint density at radius 1 is 1.12 bits per heavy atom. The highest BCUT2D eigenvalue weighted by Gasteiger charge is 2.30. The van der Waals surface area contributed by atoms with Gasteiger partial charge in [0.1, 0.15) is 6.54 Å². The van der Waals surface area contributed by atoms with Gasteiger partial charge in [-0.15, -0.1) is 0 Å². The maximum absolute atomic E-state index is 13.3. The fourth-order valence-corrected chi connectivity index (χ4v) is 5.61. The molecule has 2 amide bonds. The smallest absolute Gasteiger partial charge is 0.254 e. The standard InChI is InChI=1S/C30H33ClN6O4/c31-24-15-33-30(34-22-8-11-41-12-9-22)36-28(24)19-3-4-21-16-37(29(40)23(21)13-19)17-27(39)35-26(7-10-38)20-5-6-25(32-14-20)18-1-2-18/h3-6,13-15,18,22,26,38H,1-2,7-12,16-17H2,(H,35,39)(H,33,34,36)/t26-/m1/s1. The summed E-state index contributed by atoms with van der Waals surface area (Å²) in [5.41, 5.74) is 4.51. The predicted octanol–water partition coefficient (Wildman–Crippen LogP) is 3.86. The maximum atomic E-state index is 13.3. The number of aliphatic hydroxyl groups excluding tert-OH is 1. The first-order valence-corrected chi connectivity index (χ1v) is 14.5. The summed E-state index contributed by atoms with van der Waals surface area (Å²) in [4.78, 5) is 41.4. The molecule has 3 aliphatic rings. The second kappa shape index (κ2) is 12.1. The van der Waals surface area contributed by atoms with Crippen LogP contribution in [0.3, 0.4) is 0 Å². The summed E-state index contributed by atoms with van der Waals surface area (Å²) in [6.45, 7) is 1.56. The van der Waals surface area contributed by atoms with Crippen LogP contribution >= 0.6 is 11.6 Å². The van der Waals surface area contributed by atoms with E-state index >= 15 is 0 Å². The van der Waals surface area contributed by atoms with Crippen LogP contribution in [0.25, 0.3) is 11.3 Å². The number of hydrogen-bond donors (Lipinski definition) is 3. The van der Waals surface area contributed by atoms with Gasteiger partial charge < -0.3 is 25.4 Å². The Kier molecular flexibility index (Phi) is 8.13. The van der Waals surface area contributed by atoms with Crippen LogP contribution in [0.1, 0.15) is 71.2 Å². The molecule has 11 heteroatoms. The predicted molar refractivity (Wildman–Crippen MR) is 153 cm³/mol. The van der Waals surface area contributed by atoms with Gasteiger partial charge >= 0.3 is 0 Å². The van der Waals surface area contributed by atoms with E-state index in [2.05, 4.69) is 25.6 Å². The number of aliphatic hydroxyl groups is 1. The van der Waals surface area contributed by atoms with Crippen LogP contribution in [0.2, 0.25) is 5.02 Å². The van der Waals surface area contributed by atoms with E-state index in [9.17, 15) is 14.7 Å². The Labute approximate surface area is 243 Å². The quantitative estimate of drug-likeness (QED) is 0.332. The van der Waals surface area contributed by atoms with E-state index in [0.29, 0.717) is 59.9 Å². The molecular formula is C30H33ClN6O4. The number of pyridine rings is 1. The third kappa shape index (κ3) is 6.34. The van der Waals surface area contributed by atoms with Crippen LogP contribution in [0, 0.1) is 0 Å². The van der Waals surface area contributed by atoms with Crippen molar-refractivity contribution in [3.05, 3.63) is 70.1 Å². The minimum Gasteiger partial charge on any atom is -0.396 e. The Balaban J connectivity index is 1.12. The van der Waals surface area contributed by atoms with E-state index in [1.807, 2.05) is 24.3 Å². The van der Waals surface area contributed by atoms with Crippen molar-refractivity contribution in [2.45, 2.75) is 56.7 Å². The van der Waals surface area contributed by atoms with Gasteiger partial charge in [-0.25, -0.2) is 9.97 Å². The zero-order valence-electron chi connectivity index (χ0n) is 22.7. The van der Waals surface area contributed by atoms with E-state index in [4.69, 9.17) is 16.3 Å². The number of ether oxygens (including phenoxy) is 1. The molecule has 3 N–H and O–H groups in total. The molecule has 0 bridgehead atoms. The first-order valence-electron chi connectivity index (χ1n) is 14.1. The van der Waals surface area contributed by atoms with E-state index in [1.165, 1.54) is 4.90 Å². The highest BCUT2D eigenvalue weighted by Crippen LogP contribution is 2.39. The molecule has 0 unspecified atom stereocenters. The molecule has 41 heavy (non-hydrogen) atoms. The van der Waals surface area contributed by atoms with Gasteiger partial charge in [0.2, 0.25) is 11.9 Å². The SMILES string of the molecule is O=C(CN1Cc2ccc(-c3nc(NC4CCOCC4)ncc3Cl)cc2C1=O)N[C@H](CCO)c1ccc(C2CC2)nc1. The van der Waals surface area contributed by atoms with Gasteiger partial charge in [-0.3, -0.25) is 14.6 Å². The molecule has 3 aromatic rings. The first kappa shape index (κ1) is 27.6. The molecule has 1 aliphatic carbocycles. The van der Waals surface area contributed by atoms with Gasteiger partial charge in [-0.05, 0) is 55.4 Å². The largest absolute Gasteiger partial charge is 0.396 e. The number of anilines is 1. The minimum atomic E-state index is -0.385. The van der Waals surface area contributed by atoms with Crippen molar-refractivity contribution >= 4 is 29.4 Å². The number of fused-ring (bicyclic) bond motifs is 1. The van der Waals surface area contributed by atoms with Gasteiger partial charge in [0, 0.05) is 61.3 Å². The summed E-state index contributed by atoms with van der Waals surface area (Å²) in [6.07, 6.45) is 7.78. The lowest BCUT2D eigenvalue weighted by Crippen LogP contribution is -2.39. The Morgan fingerprint density at radius 3 is 2.68 bits per heavy atom. The van der Waals surface area contributed by atoms with Gasteiger partial charge in [-0.2, -0.15) is 0 Å². The number of hydrogen-bond acceptors (Lipinski definition) is 8. The van der Waals surface area contributed by atoms with Crippen molar-refractivity contribution in [1.82, 2.24) is 25.2 Å². The number of halogens is 1. The normalized spacial score (nSPS) is 17.8. The van der Waals surface area contributed by atoms with Gasteiger partial charge in [0.25, 0.3) is 5.91 Å². The van der Waals surface area contributed by atoms with Gasteiger partial charge in [0.05, 0.1) is 23.0 Å². The molecule has 1 saturated heterocycles. The zero-order chi connectivity index (χ0) is 28.3. The average Bonchev–Trinajstić information content (AvgIpc) is 3.79. The molecule has 0 spiro atoms. The fourth-order valence-electron chi connectivity index (χ4n) is 5.41. The summed E-state index contributed by atoms with van der Waals surface area (Å²) in [7, 11) is 0. The van der Waals surface area contributed by atoms with E-state index in [-0.39, 0.29) is 37.0 Å². The number of carbonyl (C=O) groups excluding carboxylic acids is 2. The molecule has 6 rings (SSSR count). The van der Waals surface area contributed by atoms with Crippen molar-refractivity contribution in [2.75, 3.05) is 31.7 Å². The number of nitrogens with one attached hydrogen (secondary N) is 2. The Bertz CT molecular complexity index is 1420. The lowest BCUT2D eigenvalue weighted by molar-refractivity contribution is -0.122. The zero-order valence-corrected chi connectivity index (χ0v) is 23.4. The van der Waals surface area contributed by atoms with Crippen LogP contribution in [0.4, 0.5) is 5.95 Å². The van der Waals surface area contributed by atoms with Crippen LogP contribution in [-0.2, 0) is 16.1 Å². The molecule has 4 heterocycles. The van der Waals surface area contributed by atoms with Crippen molar-refractivity contribution in [3.63, 3.8) is 0 Å². The number of nitrogens with zero attached hydrogens (tertiary/aromatic N) is 4. The van der Waals surface area contributed by atoms with Crippen LogP contribution in [0.15, 0.2) is 42.7 Å². The lowest BCUT2D eigenvalue weighted by Gasteiger charge is -2.23. The van der Waals surface area contributed by atoms with E-state index < -0.39 is 0 Å². The molecule has 2 aromatic heterocycles. The van der Waals surface area contributed by atoms with E-state index in [0.717, 1.165) is 42.5 Å². The number of benzene rings is 1. The molecule has 1 saturated carbocycles. The Morgan fingerprint density at radius 2 is 1.95 bits per heavy atom. The lowest BCUT2D eigenvalue weighted by atomic mass is 10.0. The monoisotopic (exact) mass is 576 g/mol. The third-order valence-electron chi connectivity index (χ3n) is 7.86. The first-order chi connectivity index (χ1) is 20.0. The molecule has 1 atom stereocenters. The third-order valence-corrected chi connectivity index (χ3v) is 8.13. The second-order valence-electron chi connectivity index (χ2n) is 10.9. The number of rotatable bonds is 10. The molecule has 10 nitrogen and oxygen atoms in total. The summed E-state index contributed by atoms with van der Waals surface area (Å²) in [6, 6.07) is 9.35. The highest BCUT2D eigenvalue weighted by molar-refractivity contribution is 6.33. The second-order valence-corrected chi connectivity index (χ2v) is 11.3. The average molecular weight is 577 g/mol. The maximum Gasteiger partial charge on any atom is 0.254 e. The molecule has 2 fully saturated rings. The summed E-state index contributed by atoms with van der Waals surface area (Å²) in [5, 5.41) is 16.3. The minimum absolute atomic E-state index is 0.0793. The molecular weight excluding hydrogens is 544 g/mol. The molecule has 2 aliphatic heterocycles. The summed E-state index contributed by atoms with van der Waals surface area (Å²) in [5.74, 6) is 0.506. The van der Waals surface area contributed by atoms with Crippen LogP contribution < -0.4 is 10.6 Å². The van der Waals surface area contributed by atoms with Crippen LogP contribution in [-0.4, -0.2) is 69.2 Å². The topological polar surface area (TPSA) is 130 Å². The van der Waals surface area contributed by atoms with E-state index in [1.54, 1.807) is 18.5 Å². The molecule has 214 valence electrons. The fraction of sp³-hybridized carbons (Fsp3) is 0.433. The summed E-state index contributed by atoms with van der Waals surface area (Å²) >= 11 is 6.47. The molecule has 0 radical (unpaired) electrons. The number of amides is 2. The van der Waals surface area contributed by atoms with Crippen molar-refractivity contribution in [3.8, 4) is 11.3 Å². The van der Waals surface area contributed by atoms with Crippen molar-refractivity contribution in [1.29, 1.82) is 0 Å². The van der Waals surface area contributed by atoms with Crippen molar-refractivity contribution in [2.24, 2.45) is 0 Å². The highest BCUT2D eigenvalue weighted by atomic mass is 35.5. The van der Waals surface area contributed by atoms with Gasteiger partial charge in [-0.1, -0.05) is 29.8 Å². The Hall–Kier alpha value is -3.60. The number of aromatic nitrogens is 3. The van der Waals surface area contributed by atoms with Crippen LogP contribution in [0.5, 0.6) is 0 Å².